The normalized spacial score (nSPS) is 21.5. The van der Waals surface area contributed by atoms with Crippen molar-refractivity contribution in [2.45, 2.75) is 63.3 Å². The molecule has 1 aliphatic carbocycles. The molecule has 0 bridgehead atoms. The van der Waals surface area contributed by atoms with Gasteiger partial charge in [-0.1, -0.05) is 49.1 Å². The summed E-state index contributed by atoms with van der Waals surface area (Å²) >= 11 is 0. The summed E-state index contributed by atoms with van der Waals surface area (Å²) in [5.74, 6) is 0.00866. The molecule has 0 spiro atoms. The number of methoxy groups -OCH3 is 1. The van der Waals surface area contributed by atoms with E-state index in [9.17, 15) is 4.79 Å². The van der Waals surface area contributed by atoms with Gasteiger partial charge in [0.05, 0.1) is 0 Å². The van der Waals surface area contributed by atoms with Gasteiger partial charge in [0.25, 0.3) is 0 Å². The molecule has 0 unspecified atom stereocenters. The molecule has 1 N–H and O–H groups in total. The van der Waals surface area contributed by atoms with Crippen LogP contribution in [0.5, 0.6) is 0 Å². The molecule has 144 valence electrons. The molecule has 1 aliphatic heterocycles. The Morgan fingerprint density at radius 2 is 1.81 bits per heavy atom. The van der Waals surface area contributed by atoms with Crippen LogP contribution in [0.1, 0.15) is 56.1 Å². The van der Waals surface area contributed by atoms with E-state index in [1.54, 1.807) is 7.11 Å². The first kappa shape index (κ1) is 19.4. The maximum absolute atomic E-state index is 11.7. The van der Waals surface area contributed by atoms with Crippen molar-refractivity contribution >= 4 is 5.91 Å². The van der Waals surface area contributed by atoms with Crippen molar-refractivity contribution < 1.29 is 9.53 Å². The molecular weight excluding hydrogens is 324 g/mol. The molecule has 1 saturated heterocycles. The van der Waals surface area contributed by atoms with E-state index in [1.165, 1.54) is 43.2 Å². The van der Waals surface area contributed by atoms with Crippen molar-refractivity contribution in [1.29, 1.82) is 0 Å². The summed E-state index contributed by atoms with van der Waals surface area (Å²) in [4.78, 5) is 14.4. The van der Waals surface area contributed by atoms with Crippen LogP contribution in [0.2, 0.25) is 0 Å². The third kappa shape index (κ3) is 4.86. The standard InChI is InChI=1S/C22H34N2O2/c1-18-6-8-19(9-7-18)22(12-4-3-5-13-22)17-24-14-10-20(11-15-24)23-21(25)16-26-2/h6-9,20H,3-5,10-17H2,1-2H3,(H,23,25). The molecule has 26 heavy (non-hydrogen) atoms. The Kier molecular flexibility index (Phi) is 6.71. The second-order valence-corrected chi connectivity index (χ2v) is 8.26. The monoisotopic (exact) mass is 358 g/mol. The minimum atomic E-state index is 0.00866. The van der Waals surface area contributed by atoms with Crippen molar-refractivity contribution in [3.8, 4) is 0 Å². The zero-order valence-corrected chi connectivity index (χ0v) is 16.4. The van der Waals surface area contributed by atoms with Crippen LogP contribution in [-0.2, 0) is 14.9 Å². The molecule has 0 atom stereocenters. The molecule has 2 aliphatic rings. The molecule has 0 aromatic heterocycles. The first-order valence-electron chi connectivity index (χ1n) is 10.2. The van der Waals surface area contributed by atoms with E-state index >= 15 is 0 Å². The number of aryl methyl sites for hydroxylation is 1. The van der Waals surface area contributed by atoms with E-state index in [2.05, 4.69) is 41.4 Å². The highest BCUT2D eigenvalue weighted by molar-refractivity contribution is 5.77. The van der Waals surface area contributed by atoms with Gasteiger partial charge in [0, 0.05) is 38.2 Å². The molecule has 4 heteroatoms. The topological polar surface area (TPSA) is 41.6 Å². The molecule has 3 rings (SSSR count). The minimum absolute atomic E-state index is 0.00866. The fraction of sp³-hybridized carbons (Fsp3) is 0.682. The van der Waals surface area contributed by atoms with Crippen molar-refractivity contribution in [3.05, 3.63) is 35.4 Å². The number of amides is 1. The van der Waals surface area contributed by atoms with E-state index < -0.39 is 0 Å². The number of nitrogens with zero attached hydrogens (tertiary/aromatic N) is 1. The zero-order chi connectivity index (χ0) is 18.4. The number of benzene rings is 1. The third-order valence-corrected chi connectivity index (χ3v) is 6.23. The number of ether oxygens (including phenoxy) is 1. The van der Waals surface area contributed by atoms with E-state index in [0.29, 0.717) is 11.5 Å². The lowest BCUT2D eigenvalue weighted by Crippen LogP contribution is -2.49. The molecular formula is C22H34N2O2. The van der Waals surface area contributed by atoms with Gasteiger partial charge in [-0.25, -0.2) is 0 Å². The number of likely N-dealkylation sites (tertiary alicyclic amines) is 1. The highest BCUT2D eigenvalue weighted by Gasteiger charge is 2.36. The SMILES string of the molecule is COCC(=O)NC1CCN(CC2(c3ccc(C)cc3)CCCCC2)CC1. The predicted molar refractivity (Wildman–Crippen MR) is 105 cm³/mol. The Labute approximate surface area is 158 Å². The highest BCUT2D eigenvalue weighted by Crippen LogP contribution is 2.40. The van der Waals surface area contributed by atoms with E-state index in [4.69, 9.17) is 4.74 Å². The molecule has 1 aromatic carbocycles. The summed E-state index contributed by atoms with van der Waals surface area (Å²) in [6.45, 7) is 5.64. The van der Waals surface area contributed by atoms with Crippen LogP contribution in [0.25, 0.3) is 0 Å². The second-order valence-electron chi connectivity index (χ2n) is 8.26. The smallest absolute Gasteiger partial charge is 0.246 e. The molecule has 0 radical (unpaired) electrons. The Morgan fingerprint density at radius 1 is 1.15 bits per heavy atom. The average molecular weight is 359 g/mol. The fourth-order valence-corrected chi connectivity index (χ4v) is 4.74. The number of nitrogens with one attached hydrogen (secondary N) is 1. The fourth-order valence-electron chi connectivity index (χ4n) is 4.74. The van der Waals surface area contributed by atoms with Gasteiger partial charge in [-0.15, -0.1) is 0 Å². The van der Waals surface area contributed by atoms with Crippen molar-refractivity contribution in [1.82, 2.24) is 10.2 Å². The Bertz CT molecular complexity index is 570. The maximum Gasteiger partial charge on any atom is 0.246 e. The van der Waals surface area contributed by atoms with Gasteiger partial charge in [0.2, 0.25) is 5.91 Å². The van der Waals surface area contributed by atoms with Crippen LogP contribution in [0.4, 0.5) is 0 Å². The predicted octanol–water partition coefficient (Wildman–Crippen LogP) is 3.42. The molecule has 2 fully saturated rings. The van der Waals surface area contributed by atoms with Crippen LogP contribution in [0.3, 0.4) is 0 Å². The van der Waals surface area contributed by atoms with Gasteiger partial charge in [0.1, 0.15) is 6.61 Å². The lowest BCUT2D eigenvalue weighted by molar-refractivity contribution is -0.125. The number of carbonyl (C=O) groups excluding carboxylic acids is 1. The second kappa shape index (κ2) is 9.01. The Morgan fingerprint density at radius 3 is 2.42 bits per heavy atom. The zero-order valence-electron chi connectivity index (χ0n) is 16.4. The van der Waals surface area contributed by atoms with E-state index in [0.717, 1.165) is 32.5 Å². The molecule has 4 nitrogen and oxygen atoms in total. The Balaban J connectivity index is 1.60. The van der Waals surface area contributed by atoms with Crippen molar-refractivity contribution in [2.24, 2.45) is 0 Å². The quantitative estimate of drug-likeness (QED) is 0.847. The lowest BCUT2D eigenvalue weighted by atomic mass is 9.69. The van der Waals surface area contributed by atoms with Gasteiger partial charge in [-0.05, 0) is 38.2 Å². The van der Waals surface area contributed by atoms with Gasteiger partial charge in [-0.2, -0.15) is 0 Å². The Hall–Kier alpha value is -1.39. The lowest BCUT2D eigenvalue weighted by Gasteiger charge is -2.44. The van der Waals surface area contributed by atoms with E-state index in [1.807, 2.05) is 0 Å². The third-order valence-electron chi connectivity index (χ3n) is 6.23. The summed E-state index contributed by atoms with van der Waals surface area (Å²) in [5.41, 5.74) is 3.18. The van der Waals surface area contributed by atoms with Gasteiger partial charge in [0.15, 0.2) is 0 Å². The average Bonchev–Trinajstić information content (AvgIpc) is 2.65. The maximum atomic E-state index is 11.7. The summed E-state index contributed by atoms with van der Waals surface area (Å²) in [5, 5.41) is 3.10. The summed E-state index contributed by atoms with van der Waals surface area (Å²) in [7, 11) is 1.57. The van der Waals surface area contributed by atoms with Crippen LogP contribution in [-0.4, -0.2) is 50.2 Å². The molecule has 1 heterocycles. The van der Waals surface area contributed by atoms with Gasteiger partial charge < -0.3 is 15.0 Å². The molecule has 1 saturated carbocycles. The van der Waals surface area contributed by atoms with Crippen LogP contribution < -0.4 is 5.32 Å². The number of hydrogen-bond donors (Lipinski definition) is 1. The first-order valence-corrected chi connectivity index (χ1v) is 10.2. The molecule has 1 amide bonds. The molecule has 1 aromatic rings. The summed E-state index contributed by atoms with van der Waals surface area (Å²) < 4.78 is 4.91. The van der Waals surface area contributed by atoms with Crippen molar-refractivity contribution in [3.63, 3.8) is 0 Å². The largest absolute Gasteiger partial charge is 0.375 e. The summed E-state index contributed by atoms with van der Waals surface area (Å²) in [6.07, 6.45) is 8.76. The van der Waals surface area contributed by atoms with Crippen LogP contribution in [0.15, 0.2) is 24.3 Å². The number of carbonyl (C=O) groups is 1. The minimum Gasteiger partial charge on any atom is -0.375 e. The van der Waals surface area contributed by atoms with Crippen LogP contribution in [0, 0.1) is 6.92 Å². The summed E-state index contributed by atoms with van der Waals surface area (Å²) in [6, 6.07) is 9.55. The van der Waals surface area contributed by atoms with Crippen LogP contribution >= 0.6 is 0 Å². The highest BCUT2D eigenvalue weighted by atomic mass is 16.5. The van der Waals surface area contributed by atoms with Gasteiger partial charge in [-0.3, -0.25) is 4.79 Å². The number of rotatable bonds is 6. The number of hydrogen-bond acceptors (Lipinski definition) is 3. The van der Waals surface area contributed by atoms with Gasteiger partial charge >= 0.3 is 0 Å². The van der Waals surface area contributed by atoms with E-state index in [-0.39, 0.29) is 12.5 Å². The van der Waals surface area contributed by atoms with Crippen molar-refractivity contribution in [2.75, 3.05) is 33.4 Å². The first-order chi connectivity index (χ1) is 12.6. The number of piperidine rings is 1.